The summed E-state index contributed by atoms with van der Waals surface area (Å²) in [5, 5.41) is 0. The summed E-state index contributed by atoms with van der Waals surface area (Å²) in [7, 11) is 0. The summed E-state index contributed by atoms with van der Waals surface area (Å²) in [6, 6.07) is 5.52. The Morgan fingerprint density at radius 2 is 1.68 bits per heavy atom. The molecule has 120 valence electrons. The van der Waals surface area contributed by atoms with Crippen LogP contribution in [0, 0.1) is 0 Å². The third-order valence-electron chi connectivity index (χ3n) is 3.16. The lowest BCUT2D eigenvalue weighted by Gasteiger charge is -2.13. The van der Waals surface area contributed by atoms with Crippen molar-refractivity contribution in [3.63, 3.8) is 0 Å². The van der Waals surface area contributed by atoms with Gasteiger partial charge >= 0.3 is 5.97 Å². The highest BCUT2D eigenvalue weighted by Crippen LogP contribution is 2.24. The fourth-order valence-electron chi connectivity index (χ4n) is 2.07. The summed E-state index contributed by atoms with van der Waals surface area (Å²) < 4.78 is 11.0. The molecule has 0 fully saturated rings. The molecule has 0 saturated heterocycles. The van der Waals surface area contributed by atoms with Gasteiger partial charge in [-0.15, -0.1) is 0 Å². The Morgan fingerprint density at radius 1 is 1.00 bits per heavy atom. The van der Waals surface area contributed by atoms with E-state index in [2.05, 4.69) is 13.0 Å². The molecule has 0 aromatic heterocycles. The third-order valence-corrected chi connectivity index (χ3v) is 3.16. The Hall–Kier alpha value is -2.03. The Balaban J connectivity index is 2.79. The Bertz CT molecular complexity index is 515. The minimum absolute atomic E-state index is 0.299. The summed E-state index contributed by atoms with van der Waals surface area (Å²) in [4.78, 5) is 12.2. The number of carbonyl (C=O) groups excluding carboxylic acids is 1. The summed E-state index contributed by atoms with van der Waals surface area (Å²) >= 11 is 0. The van der Waals surface area contributed by atoms with Gasteiger partial charge in [-0.1, -0.05) is 51.1 Å². The molecule has 0 atom stereocenters. The molecule has 0 spiro atoms. The number of hydrogen-bond donors (Lipinski definition) is 0. The Morgan fingerprint density at radius 3 is 2.32 bits per heavy atom. The molecule has 22 heavy (non-hydrogen) atoms. The van der Waals surface area contributed by atoms with E-state index in [0.29, 0.717) is 18.8 Å². The van der Waals surface area contributed by atoms with Gasteiger partial charge in [0.25, 0.3) is 0 Å². The van der Waals surface area contributed by atoms with Crippen LogP contribution < -0.4 is 4.74 Å². The second kappa shape index (κ2) is 10.7. The lowest BCUT2D eigenvalue weighted by molar-refractivity contribution is 0.0547. The second-order valence-electron chi connectivity index (χ2n) is 4.80. The van der Waals surface area contributed by atoms with E-state index in [4.69, 9.17) is 9.47 Å². The van der Waals surface area contributed by atoms with Gasteiger partial charge in [-0.25, -0.2) is 4.79 Å². The van der Waals surface area contributed by atoms with Crippen LogP contribution >= 0.6 is 0 Å². The number of hydrogen-bond acceptors (Lipinski definition) is 3. The maximum atomic E-state index is 12.2. The van der Waals surface area contributed by atoms with Crippen LogP contribution in [0.1, 0.15) is 49.5 Å². The predicted molar refractivity (Wildman–Crippen MR) is 90.5 cm³/mol. The molecule has 0 heterocycles. The first-order valence-corrected chi connectivity index (χ1v) is 7.96. The van der Waals surface area contributed by atoms with E-state index in [9.17, 15) is 4.79 Å². The molecule has 0 aliphatic heterocycles. The zero-order valence-electron chi connectivity index (χ0n) is 13.8. The molecule has 1 aromatic carbocycles. The molecule has 0 saturated carbocycles. The monoisotopic (exact) mass is 302 g/mol. The number of esters is 1. The Kier molecular flexibility index (Phi) is 8.73. The number of benzene rings is 1. The van der Waals surface area contributed by atoms with Gasteiger partial charge < -0.3 is 9.47 Å². The molecule has 1 rings (SSSR count). The van der Waals surface area contributed by atoms with Crippen molar-refractivity contribution in [3.8, 4) is 5.75 Å². The van der Waals surface area contributed by atoms with Crippen LogP contribution in [0.15, 0.2) is 42.5 Å². The number of rotatable bonds is 9. The van der Waals surface area contributed by atoms with Crippen LogP contribution in [0.3, 0.4) is 0 Å². The topological polar surface area (TPSA) is 35.5 Å². The minimum Gasteiger partial charge on any atom is -0.489 e. The van der Waals surface area contributed by atoms with Crippen LogP contribution in [0.2, 0.25) is 0 Å². The van der Waals surface area contributed by atoms with Crippen molar-refractivity contribution in [1.29, 1.82) is 0 Å². The average Bonchev–Trinajstić information content (AvgIpc) is 2.55. The van der Waals surface area contributed by atoms with E-state index in [1.54, 1.807) is 6.07 Å². The SMILES string of the molecule is CC/C=C\COC(=O)c1cccc(OC/C=C\CC)c1CC. The van der Waals surface area contributed by atoms with Crippen molar-refractivity contribution in [3.05, 3.63) is 53.6 Å². The van der Waals surface area contributed by atoms with E-state index in [0.717, 1.165) is 30.6 Å². The van der Waals surface area contributed by atoms with Gasteiger partial charge in [0.2, 0.25) is 0 Å². The normalized spacial score (nSPS) is 11.2. The molecule has 3 heteroatoms. The van der Waals surface area contributed by atoms with Crippen molar-refractivity contribution in [1.82, 2.24) is 0 Å². The van der Waals surface area contributed by atoms with Crippen LogP contribution in [-0.4, -0.2) is 19.2 Å². The molecule has 0 aliphatic rings. The van der Waals surface area contributed by atoms with Crippen molar-refractivity contribution < 1.29 is 14.3 Å². The smallest absolute Gasteiger partial charge is 0.338 e. The summed E-state index contributed by atoms with van der Waals surface area (Å²) in [5.41, 5.74) is 1.49. The second-order valence-corrected chi connectivity index (χ2v) is 4.80. The van der Waals surface area contributed by atoms with Gasteiger partial charge in [-0.2, -0.15) is 0 Å². The van der Waals surface area contributed by atoms with Gasteiger partial charge in [-0.05, 0) is 31.4 Å². The molecule has 0 amide bonds. The molecule has 0 radical (unpaired) electrons. The van der Waals surface area contributed by atoms with E-state index in [-0.39, 0.29) is 5.97 Å². The first-order chi connectivity index (χ1) is 10.7. The summed E-state index contributed by atoms with van der Waals surface area (Å²) in [6.07, 6.45) is 10.5. The first kappa shape index (κ1) is 18.0. The summed E-state index contributed by atoms with van der Waals surface area (Å²) in [5.74, 6) is 0.453. The lowest BCUT2D eigenvalue weighted by atomic mass is 10.0. The van der Waals surface area contributed by atoms with Crippen LogP contribution in [0.4, 0.5) is 0 Å². The average molecular weight is 302 g/mol. The highest BCUT2D eigenvalue weighted by Gasteiger charge is 2.15. The Labute approximate surface area is 133 Å². The molecule has 0 bridgehead atoms. The fraction of sp³-hybridized carbons (Fsp3) is 0.421. The van der Waals surface area contributed by atoms with E-state index < -0.39 is 0 Å². The van der Waals surface area contributed by atoms with Crippen molar-refractivity contribution in [2.45, 2.75) is 40.0 Å². The van der Waals surface area contributed by atoms with Gasteiger partial charge in [0, 0.05) is 5.56 Å². The van der Waals surface area contributed by atoms with Gasteiger partial charge in [0.05, 0.1) is 5.56 Å². The molecular weight excluding hydrogens is 276 g/mol. The largest absolute Gasteiger partial charge is 0.489 e. The highest BCUT2D eigenvalue weighted by atomic mass is 16.5. The molecule has 3 nitrogen and oxygen atoms in total. The van der Waals surface area contributed by atoms with Crippen molar-refractivity contribution >= 4 is 5.97 Å². The van der Waals surface area contributed by atoms with Crippen LogP contribution in [0.5, 0.6) is 5.75 Å². The molecule has 1 aromatic rings. The zero-order valence-corrected chi connectivity index (χ0v) is 13.8. The first-order valence-electron chi connectivity index (χ1n) is 7.96. The van der Waals surface area contributed by atoms with Gasteiger partial charge in [-0.3, -0.25) is 0 Å². The zero-order chi connectivity index (χ0) is 16.2. The highest BCUT2D eigenvalue weighted by molar-refractivity contribution is 5.92. The van der Waals surface area contributed by atoms with E-state index >= 15 is 0 Å². The number of ether oxygens (including phenoxy) is 2. The lowest BCUT2D eigenvalue weighted by Crippen LogP contribution is -2.10. The standard InChI is InChI=1S/C19H26O3/c1-4-7-9-14-21-18-13-11-12-17(16(18)6-3)19(20)22-15-10-8-5-2/h7-13H,4-6,14-15H2,1-3H3/b9-7-,10-8-. The maximum Gasteiger partial charge on any atom is 0.338 e. The minimum atomic E-state index is -0.299. The molecule has 0 unspecified atom stereocenters. The van der Waals surface area contributed by atoms with Crippen LogP contribution in [-0.2, 0) is 11.2 Å². The van der Waals surface area contributed by atoms with Gasteiger partial charge in [0.15, 0.2) is 0 Å². The van der Waals surface area contributed by atoms with Crippen molar-refractivity contribution in [2.75, 3.05) is 13.2 Å². The molecule has 0 N–H and O–H groups in total. The predicted octanol–water partition coefficient (Wildman–Crippen LogP) is 4.72. The van der Waals surface area contributed by atoms with Gasteiger partial charge in [0.1, 0.15) is 19.0 Å². The molecular formula is C19H26O3. The summed E-state index contributed by atoms with van der Waals surface area (Å²) in [6.45, 7) is 6.95. The van der Waals surface area contributed by atoms with E-state index in [1.807, 2.05) is 44.2 Å². The fourth-order valence-corrected chi connectivity index (χ4v) is 2.07. The van der Waals surface area contributed by atoms with Crippen molar-refractivity contribution in [2.24, 2.45) is 0 Å². The van der Waals surface area contributed by atoms with Crippen LogP contribution in [0.25, 0.3) is 0 Å². The number of allylic oxidation sites excluding steroid dienone is 2. The third kappa shape index (κ3) is 5.76. The quantitative estimate of drug-likeness (QED) is 0.489. The maximum absolute atomic E-state index is 12.2. The van der Waals surface area contributed by atoms with E-state index in [1.165, 1.54) is 0 Å². The molecule has 0 aliphatic carbocycles. The number of carbonyl (C=O) groups is 1.